The second-order valence-corrected chi connectivity index (χ2v) is 18.9. The van der Waals surface area contributed by atoms with E-state index in [0.29, 0.717) is 11.3 Å². The van der Waals surface area contributed by atoms with Crippen LogP contribution in [0.2, 0.25) is 0 Å². The van der Waals surface area contributed by atoms with Gasteiger partial charge in [-0.3, -0.25) is 4.98 Å². The second-order valence-electron chi connectivity index (χ2n) is 18.9. The molecule has 0 saturated heterocycles. The highest BCUT2D eigenvalue weighted by Gasteiger charge is 2.23. The lowest BCUT2D eigenvalue weighted by molar-refractivity contribution is 0.477. The van der Waals surface area contributed by atoms with E-state index in [9.17, 15) is 5.11 Å². The number of aromatic hydroxyl groups is 1. The molecule has 0 radical (unpaired) electrons. The second kappa shape index (κ2) is 16.0. The van der Waals surface area contributed by atoms with Gasteiger partial charge in [-0.25, -0.2) is 4.98 Å². The number of phenolic OH excluding ortho intramolecular Hbond substituents is 1. The SMILES string of the molecule is CC(C)(C)c1cc(-c2cc(-c3cccc(-c4cc(-c5cccc6c7ccccc7n(-c7ccccc7-c7ccccc7)c56)ccn4)c3)nc(-c3ccccc3O)c2)cc(C(C)(C)C)c1. The first-order valence-electron chi connectivity index (χ1n) is 22.1. The van der Waals surface area contributed by atoms with Crippen LogP contribution < -0.4 is 0 Å². The van der Waals surface area contributed by atoms with Crippen molar-refractivity contribution in [3.63, 3.8) is 0 Å². The Kier molecular flexibility index (Phi) is 10.1. The van der Waals surface area contributed by atoms with Gasteiger partial charge in [0.1, 0.15) is 5.75 Å². The third kappa shape index (κ3) is 7.56. The topological polar surface area (TPSA) is 50.9 Å². The minimum atomic E-state index is -0.0446. The maximum Gasteiger partial charge on any atom is 0.124 e. The summed E-state index contributed by atoms with van der Waals surface area (Å²) in [6, 6.07) is 66.3. The lowest BCUT2D eigenvalue weighted by Crippen LogP contribution is -2.16. The zero-order valence-electron chi connectivity index (χ0n) is 37.3. The summed E-state index contributed by atoms with van der Waals surface area (Å²) in [6.45, 7) is 13.6. The quantitative estimate of drug-likeness (QED) is 0.174. The summed E-state index contributed by atoms with van der Waals surface area (Å²) in [5.41, 5.74) is 17.7. The van der Waals surface area contributed by atoms with Gasteiger partial charge in [0.2, 0.25) is 0 Å². The van der Waals surface area contributed by atoms with Crippen molar-refractivity contribution in [1.82, 2.24) is 14.5 Å². The Labute approximate surface area is 376 Å². The van der Waals surface area contributed by atoms with Gasteiger partial charge >= 0.3 is 0 Å². The van der Waals surface area contributed by atoms with Gasteiger partial charge in [-0.05, 0) is 98.8 Å². The number of hydrogen-bond acceptors (Lipinski definition) is 3. The van der Waals surface area contributed by atoms with Crippen LogP contribution in [0.5, 0.6) is 5.75 Å². The molecule has 312 valence electrons. The minimum Gasteiger partial charge on any atom is -0.507 e. The summed E-state index contributed by atoms with van der Waals surface area (Å²) >= 11 is 0. The van der Waals surface area contributed by atoms with Crippen LogP contribution in [-0.4, -0.2) is 19.6 Å². The number of aromatic nitrogens is 3. The molecular weight excluding hydrogens is 779 g/mol. The van der Waals surface area contributed by atoms with Crippen LogP contribution >= 0.6 is 0 Å². The number of pyridine rings is 2. The average molecular weight is 830 g/mol. The fraction of sp³-hybridized carbons (Fsp3) is 0.133. The van der Waals surface area contributed by atoms with Crippen molar-refractivity contribution in [3.8, 4) is 78.6 Å². The van der Waals surface area contributed by atoms with E-state index >= 15 is 0 Å². The highest BCUT2D eigenvalue weighted by atomic mass is 16.3. The lowest BCUT2D eigenvalue weighted by Gasteiger charge is -2.26. The third-order valence-corrected chi connectivity index (χ3v) is 12.5. The predicted octanol–water partition coefficient (Wildman–Crippen LogP) is 15.9. The summed E-state index contributed by atoms with van der Waals surface area (Å²) in [5, 5.41) is 13.5. The van der Waals surface area contributed by atoms with E-state index in [1.807, 2.05) is 24.4 Å². The Hall–Kier alpha value is -7.56. The van der Waals surface area contributed by atoms with Crippen molar-refractivity contribution in [2.75, 3.05) is 0 Å². The first kappa shape index (κ1) is 40.5. The molecule has 0 saturated carbocycles. The van der Waals surface area contributed by atoms with E-state index in [1.54, 1.807) is 6.07 Å². The number of para-hydroxylation sites is 4. The number of nitrogens with zero attached hydrogens (tertiary/aromatic N) is 3. The summed E-state index contributed by atoms with van der Waals surface area (Å²) in [4.78, 5) is 10.2. The Bertz CT molecular complexity index is 3330. The van der Waals surface area contributed by atoms with Crippen LogP contribution in [-0.2, 0) is 10.8 Å². The molecule has 3 heterocycles. The van der Waals surface area contributed by atoms with Crippen LogP contribution in [0.3, 0.4) is 0 Å². The molecule has 4 heteroatoms. The van der Waals surface area contributed by atoms with E-state index in [0.717, 1.165) is 61.5 Å². The number of phenols is 1. The molecule has 0 amide bonds. The predicted molar refractivity (Wildman–Crippen MR) is 268 cm³/mol. The van der Waals surface area contributed by atoms with Crippen molar-refractivity contribution >= 4 is 21.8 Å². The van der Waals surface area contributed by atoms with Crippen molar-refractivity contribution in [2.24, 2.45) is 0 Å². The third-order valence-electron chi connectivity index (χ3n) is 12.5. The number of fused-ring (bicyclic) bond motifs is 3. The summed E-state index contributed by atoms with van der Waals surface area (Å²) in [7, 11) is 0. The van der Waals surface area contributed by atoms with E-state index in [1.165, 1.54) is 33.0 Å². The van der Waals surface area contributed by atoms with Gasteiger partial charge in [-0.1, -0.05) is 175 Å². The molecule has 0 bridgehead atoms. The van der Waals surface area contributed by atoms with Crippen LogP contribution in [0, 0.1) is 0 Å². The van der Waals surface area contributed by atoms with Gasteiger partial charge < -0.3 is 9.67 Å². The first-order valence-corrected chi connectivity index (χ1v) is 22.1. The number of hydrogen-bond donors (Lipinski definition) is 1. The van der Waals surface area contributed by atoms with E-state index in [4.69, 9.17) is 9.97 Å². The van der Waals surface area contributed by atoms with E-state index in [-0.39, 0.29) is 16.6 Å². The molecule has 3 aromatic heterocycles. The fourth-order valence-electron chi connectivity index (χ4n) is 8.96. The largest absolute Gasteiger partial charge is 0.507 e. The minimum absolute atomic E-state index is 0.0446. The molecule has 0 fully saturated rings. The Balaban J connectivity index is 1.12. The maximum absolute atomic E-state index is 11.1. The van der Waals surface area contributed by atoms with Gasteiger partial charge in [0.25, 0.3) is 0 Å². The molecule has 4 nitrogen and oxygen atoms in total. The van der Waals surface area contributed by atoms with Crippen molar-refractivity contribution in [1.29, 1.82) is 0 Å². The Morgan fingerprint density at radius 1 is 0.406 bits per heavy atom. The zero-order chi connectivity index (χ0) is 44.2. The van der Waals surface area contributed by atoms with Crippen molar-refractivity contribution < 1.29 is 5.11 Å². The summed E-state index contributed by atoms with van der Waals surface area (Å²) in [5.74, 6) is 0.198. The van der Waals surface area contributed by atoms with Crippen molar-refractivity contribution in [2.45, 2.75) is 52.4 Å². The fourth-order valence-corrected chi connectivity index (χ4v) is 8.96. The molecule has 0 aliphatic rings. The molecule has 64 heavy (non-hydrogen) atoms. The smallest absolute Gasteiger partial charge is 0.124 e. The monoisotopic (exact) mass is 829 g/mol. The number of benzene rings is 7. The number of rotatable bonds is 7. The molecule has 0 atom stereocenters. The first-order chi connectivity index (χ1) is 30.9. The molecule has 0 aliphatic carbocycles. The molecule has 0 aliphatic heterocycles. The van der Waals surface area contributed by atoms with Crippen LogP contribution in [0.15, 0.2) is 194 Å². The van der Waals surface area contributed by atoms with Gasteiger partial charge in [0.15, 0.2) is 0 Å². The van der Waals surface area contributed by atoms with Crippen LogP contribution in [0.1, 0.15) is 52.7 Å². The highest BCUT2D eigenvalue weighted by molar-refractivity contribution is 6.14. The molecular formula is C60H51N3O. The molecule has 0 spiro atoms. The molecule has 1 N–H and O–H groups in total. The van der Waals surface area contributed by atoms with E-state index < -0.39 is 0 Å². The van der Waals surface area contributed by atoms with Crippen molar-refractivity contribution in [3.05, 3.63) is 205 Å². The van der Waals surface area contributed by atoms with Gasteiger partial charge in [-0.15, -0.1) is 0 Å². The Morgan fingerprint density at radius 3 is 1.72 bits per heavy atom. The van der Waals surface area contributed by atoms with Gasteiger partial charge in [-0.2, -0.15) is 0 Å². The molecule has 7 aromatic carbocycles. The Morgan fingerprint density at radius 2 is 0.969 bits per heavy atom. The van der Waals surface area contributed by atoms with Gasteiger partial charge in [0, 0.05) is 44.8 Å². The summed E-state index contributed by atoms with van der Waals surface area (Å²) in [6.07, 6.45) is 1.92. The lowest BCUT2D eigenvalue weighted by atomic mass is 9.79. The normalized spacial score (nSPS) is 12.0. The van der Waals surface area contributed by atoms with Crippen LogP contribution in [0.25, 0.3) is 94.6 Å². The summed E-state index contributed by atoms with van der Waals surface area (Å²) < 4.78 is 2.44. The van der Waals surface area contributed by atoms with E-state index in [2.05, 4.69) is 210 Å². The standard InChI is InChI=1S/C60H51N3O/c1-59(2,3)45-33-43(34-46(38-45)60(4,5)6)44-36-53(62-54(37-44)51-24-12-15-29-57(51)64)42-21-16-20-41(32-42)52-35-40(30-31-61-52)48-25-17-26-50-49-23-11-14-28-56(49)63(58(48)50)55-27-13-10-22-47(55)39-18-8-7-9-19-39/h7-38,64H,1-6H3. The average Bonchev–Trinajstić information content (AvgIpc) is 3.66. The van der Waals surface area contributed by atoms with Crippen LogP contribution in [0.4, 0.5) is 0 Å². The maximum atomic E-state index is 11.1. The molecule has 10 aromatic rings. The van der Waals surface area contributed by atoms with Gasteiger partial charge in [0.05, 0.1) is 33.8 Å². The highest BCUT2D eigenvalue weighted by Crippen LogP contribution is 2.42. The molecule has 10 rings (SSSR count). The molecule has 0 unspecified atom stereocenters. The zero-order valence-corrected chi connectivity index (χ0v) is 37.3.